The number of aromatic nitrogens is 2. The number of alkyl halides is 2. The van der Waals surface area contributed by atoms with Gasteiger partial charge in [-0.25, -0.2) is 13.1 Å². The fourth-order valence-corrected chi connectivity index (χ4v) is 3.18. The van der Waals surface area contributed by atoms with Gasteiger partial charge in [0.25, 0.3) is 5.91 Å². The SMILES string of the molecule is O=C(Nc1ccccc1S(=O)(=O)C(F)F)c1ccc(-n2cccn2)cc1. The van der Waals surface area contributed by atoms with Crippen LogP contribution in [0.15, 0.2) is 71.9 Å². The van der Waals surface area contributed by atoms with E-state index in [0.29, 0.717) is 0 Å². The predicted molar refractivity (Wildman–Crippen MR) is 91.1 cm³/mol. The number of amides is 1. The molecule has 0 fully saturated rings. The van der Waals surface area contributed by atoms with Gasteiger partial charge in [0, 0.05) is 18.0 Å². The minimum absolute atomic E-state index is 0.200. The molecule has 3 rings (SSSR count). The van der Waals surface area contributed by atoms with E-state index in [9.17, 15) is 22.0 Å². The summed E-state index contributed by atoms with van der Waals surface area (Å²) < 4.78 is 50.7. The van der Waals surface area contributed by atoms with Crippen LogP contribution in [0.2, 0.25) is 0 Å². The summed E-state index contributed by atoms with van der Waals surface area (Å²) in [5, 5.41) is 6.43. The Bertz CT molecular complexity index is 1020. The van der Waals surface area contributed by atoms with Gasteiger partial charge in [0.1, 0.15) is 0 Å². The van der Waals surface area contributed by atoms with Crippen molar-refractivity contribution in [3.63, 3.8) is 0 Å². The quantitative estimate of drug-likeness (QED) is 0.741. The molecular formula is C17H13F2N3O3S. The number of halogens is 2. The maximum Gasteiger partial charge on any atom is 0.341 e. The maximum atomic E-state index is 12.8. The van der Waals surface area contributed by atoms with Crippen molar-refractivity contribution >= 4 is 21.4 Å². The summed E-state index contributed by atoms with van der Waals surface area (Å²) in [6.07, 6.45) is 3.35. The number of hydrogen-bond donors (Lipinski definition) is 1. The van der Waals surface area contributed by atoms with E-state index in [2.05, 4.69) is 10.4 Å². The van der Waals surface area contributed by atoms with Gasteiger partial charge < -0.3 is 5.32 Å². The van der Waals surface area contributed by atoms with E-state index in [4.69, 9.17) is 0 Å². The lowest BCUT2D eigenvalue weighted by molar-refractivity contribution is 0.102. The molecule has 6 nitrogen and oxygen atoms in total. The first-order valence-corrected chi connectivity index (χ1v) is 8.97. The predicted octanol–water partition coefficient (Wildman–Crippen LogP) is 3.12. The highest BCUT2D eigenvalue weighted by atomic mass is 32.2. The van der Waals surface area contributed by atoms with Gasteiger partial charge in [-0.2, -0.15) is 13.9 Å². The lowest BCUT2D eigenvalue weighted by atomic mass is 10.2. The Balaban J connectivity index is 1.85. The smallest absolute Gasteiger partial charge is 0.321 e. The van der Waals surface area contributed by atoms with E-state index in [1.807, 2.05) is 0 Å². The lowest BCUT2D eigenvalue weighted by Gasteiger charge is -2.11. The van der Waals surface area contributed by atoms with Crippen molar-refractivity contribution in [3.05, 3.63) is 72.6 Å². The summed E-state index contributed by atoms with van der Waals surface area (Å²) in [5.41, 5.74) is 0.770. The number of sulfone groups is 1. The molecule has 0 saturated heterocycles. The van der Waals surface area contributed by atoms with E-state index in [1.54, 1.807) is 35.3 Å². The first-order chi connectivity index (χ1) is 12.4. The molecule has 1 N–H and O–H groups in total. The second-order valence-corrected chi connectivity index (χ2v) is 7.14. The van der Waals surface area contributed by atoms with Crippen molar-refractivity contribution in [1.29, 1.82) is 0 Å². The molecule has 0 atom stereocenters. The van der Waals surface area contributed by atoms with Crippen molar-refractivity contribution in [2.75, 3.05) is 5.32 Å². The molecule has 1 amide bonds. The topological polar surface area (TPSA) is 81.1 Å². The molecule has 134 valence electrons. The first-order valence-electron chi connectivity index (χ1n) is 7.42. The zero-order valence-corrected chi connectivity index (χ0v) is 14.0. The molecule has 0 radical (unpaired) electrons. The normalized spacial score (nSPS) is 11.5. The highest BCUT2D eigenvalue weighted by molar-refractivity contribution is 7.91. The van der Waals surface area contributed by atoms with E-state index >= 15 is 0 Å². The van der Waals surface area contributed by atoms with Crippen LogP contribution in [0, 0.1) is 0 Å². The van der Waals surface area contributed by atoms with Crippen LogP contribution in [0.5, 0.6) is 0 Å². The number of nitrogens with zero attached hydrogens (tertiary/aromatic N) is 2. The third-order valence-electron chi connectivity index (χ3n) is 3.57. The number of rotatable bonds is 5. The van der Waals surface area contributed by atoms with Crippen LogP contribution in [0.3, 0.4) is 0 Å². The Labute approximate surface area is 148 Å². The average molecular weight is 377 g/mol. The minimum Gasteiger partial charge on any atom is -0.321 e. The largest absolute Gasteiger partial charge is 0.341 e. The molecule has 1 heterocycles. The Kier molecular flexibility index (Phi) is 4.81. The van der Waals surface area contributed by atoms with Crippen molar-refractivity contribution in [2.24, 2.45) is 0 Å². The third kappa shape index (κ3) is 3.47. The first kappa shape index (κ1) is 17.7. The maximum absolute atomic E-state index is 12.8. The minimum atomic E-state index is -4.83. The molecule has 26 heavy (non-hydrogen) atoms. The number of carbonyl (C=O) groups excluding carboxylic acids is 1. The number of hydrogen-bond acceptors (Lipinski definition) is 4. The van der Waals surface area contributed by atoms with Gasteiger partial charge >= 0.3 is 5.76 Å². The van der Waals surface area contributed by atoms with Crippen LogP contribution >= 0.6 is 0 Å². The van der Waals surface area contributed by atoms with Crippen molar-refractivity contribution in [3.8, 4) is 5.69 Å². The van der Waals surface area contributed by atoms with Crippen LogP contribution in [-0.4, -0.2) is 29.9 Å². The number of carbonyl (C=O) groups is 1. The van der Waals surface area contributed by atoms with Crippen molar-refractivity contribution in [1.82, 2.24) is 9.78 Å². The van der Waals surface area contributed by atoms with E-state index < -0.39 is 26.4 Å². The molecule has 3 aromatic rings. The lowest BCUT2D eigenvalue weighted by Crippen LogP contribution is -2.17. The molecule has 0 saturated carbocycles. The summed E-state index contributed by atoms with van der Waals surface area (Å²) >= 11 is 0. The Morgan fingerprint density at radius 3 is 2.35 bits per heavy atom. The standard InChI is InChI=1S/C17H13F2N3O3S/c18-17(19)26(24,25)15-5-2-1-4-14(15)21-16(23)12-6-8-13(9-7-12)22-11-3-10-20-22/h1-11,17H,(H,21,23). The fraction of sp³-hybridized carbons (Fsp3) is 0.0588. The van der Waals surface area contributed by atoms with Gasteiger partial charge in [0.2, 0.25) is 9.84 Å². The van der Waals surface area contributed by atoms with Gasteiger partial charge in [-0.3, -0.25) is 4.79 Å². The number of para-hydroxylation sites is 1. The van der Waals surface area contributed by atoms with Gasteiger partial charge in [0.05, 0.1) is 16.3 Å². The zero-order chi connectivity index (χ0) is 18.7. The average Bonchev–Trinajstić information content (AvgIpc) is 3.16. The summed E-state index contributed by atoms with van der Waals surface area (Å²) in [6.45, 7) is 0. The molecule has 2 aromatic carbocycles. The molecular weight excluding hydrogens is 364 g/mol. The highest BCUT2D eigenvalue weighted by Gasteiger charge is 2.29. The van der Waals surface area contributed by atoms with E-state index in [1.165, 1.54) is 30.3 Å². The Morgan fingerprint density at radius 1 is 1.04 bits per heavy atom. The molecule has 0 aliphatic rings. The second-order valence-electron chi connectivity index (χ2n) is 5.25. The molecule has 1 aromatic heterocycles. The summed E-state index contributed by atoms with van der Waals surface area (Å²) in [4.78, 5) is 11.7. The third-order valence-corrected chi connectivity index (χ3v) is 5.01. The highest BCUT2D eigenvalue weighted by Crippen LogP contribution is 2.26. The van der Waals surface area contributed by atoms with Crippen LogP contribution in [0.4, 0.5) is 14.5 Å². The number of anilines is 1. The Morgan fingerprint density at radius 2 is 1.73 bits per heavy atom. The van der Waals surface area contributed by atoms with E-state index in [-0.39, 0.29) is 11.3 Å². The number of nitrogens with one attached hydrogen (secondary N) is 1. The van der Waals surface area contributed by atoms with Crippen LogP contribution in [0.25, 0.3) is 5.69 Å². The molecule has 0 aliphatic heterocycles. The van der Waals surface area contributed by atoms with E-state index in [0.717, 1.165) is 11.8 Å². The van der Waals surface area contributed by atoms with Gasteiger partial charge in [-0.05, 0) is 42.5 Å². The van der Waals surface area contributed by atoms with Crippen molar-refractivity contribution < 1.29 is 22.0 Å². The van der Waals surface area contributed by atoms with Crippen molar-refractivity contribution in [2.45, 2.75) is 10.7 Å². The van der Waals surface area contributed by atoms with Crippen LogP contribution in [-0.2, 0) is 9.84 Å². The Hall–Kier alpha value is -3.07. The summed E-state index contributed by atoms with van der Waals surface area (Å²) in [5.74, 6) is -4.19. The molecule has 9 heteroatoms. The molecule has 0 bridgehead atoms. The molecule has 0 aliphatic carbocycles. The summed E-state index contributed by atoms with van der Waals surface area (Å²) in [7, 11) is -4.83. The van der Waals surface area contributed by atoms with Crippen LogP contribution in [0.1, 0.15) is 10.4 Å². The van der Waals surface area contributed by atoms with Gasteiger partial charge in [-0.1, -0.05) is 12.1 Å². The zero-order valence-electron chi connectivity index (χ0n) is 13.2. The summed E-state index contributed by atoms with van der Waals surface area (Å²) in [6, 6.07) is 13.1. The monoisotopic (exact) mass is 377 g/mol. The van der Waals surface area contributed by atoms with Gasteiger partial charge in [0.15, 0.2) is 0 Å². The second kappa shape index (κ2) is 7.04. The number of benzene rings is 2. The molecule has 0 unspecified atom stereocenters. The van der Waals surface area contributed by atoms with Gasteiger partial charge in [-0.15, -0.1) is 0 Å². The fourth-order valence-electron chi connectivity index (χ4n) is 2.30. The molecule has 0 spiro atoms. The van der Waals surface area contributed by atoms with Crippen LogP contribution < -0.4 is 5.32 Å².